The summed E-state index contributed by atoms with van der Waals surface area (Å²) in [4.78, 5) is 24.1. The lowest BCUT2D eigenvalue weighted by Gasteiger charge is -2.24. The highest BCUT2D eigenvalue weighted by Crippen LogP contribution is 2.39. The third-order valence-corrected chi connectivity index (χ3v) is 6.53. The smallest absolute Gasteiger partial charge is 0.311 e. The van der Waals surface area contributed by atoms with Crippen molar-refractivity contribution in [1.82, 2.24) is 5.32 Å². The van der Waals surface area contributed by atoms with Crippen LogP contribution in [0.1, 0.15) is 46.7 Å². The fourth-order valence-electron chi connectivity index (χ4n) is 4.22. The van der Waals surface area contributed by atoms with E-state index >= 15 is 0 Å². The van der Waals surface area contributed by atoms with Crippen LogP contribution >= 0.6 is 11.6 Å². The van der Waals surface area contributed by atoms with Gasteiger partial charge >= 0.3 is 5.97 Å². The molecule has 1 aliphatic heterocycles. The van der Waals surface area contributed by atoms with Crippen LogP contribution in [0.25, 0.3) is 0 Å². The molecule has 0 saturated heterocycles. The average molecular weight is 509 g/mol. The molecule has 1 heterocycles. The van der Waals surface area contributed by atoms with E-state index in [1.165, 1.54) is 6.07 Å². The quantitative estimate of drug-likeness (QED) is 0.509. The monoisotopic (exact) mass is 508 g/mol. The molecule has 0 aromatic heterocycles. The van der Waals surface area contributed by atoms with Gasteiger partial charge in [-0.05, 0) is 55.2 Å². The van der Waals surface area contributed by atoms with Crippen LogP contribution in [-0.4, -0.2) is 37.2 Å². The maximum Gasteiger partial charge on any atom is 0.311 e. The summed E-state index contributed by atoms with van der Waals surface area (Å²) in [6.45, 7) is 0.771. The lowest BCUT2D eigenvalue weighted by Crippen LogP contribution is -2.26. The standard InChI is InChI=1S/C27H25ClN2O6/c1-34-25-12-16(2-7-22(25)28)8-10-30-26(31)17-3-5-19(6-4-17)36-23-14-24-21(13-18(23)15-29)20(27(32)33)9-11-35-24/h2-7,13-14,16,20H,8-12H2,1H3,(H,30,31)(H,32,33). The number of carbonyl (C=O) groups is 2. The Labute approximate surface area is 213 Å². The minimum atomic E-state index is -0.956. The first-order valence-corrected chi connectivity index (χ1v) is 11.9. The molecule has 4 rings (SSSR count). The number of hydrogen-bond acceptors (Lipinski definition) is 6. The number of carbonyl (C=O) groups excluding carboxylic acids is 1. The predicted octanol–water partition coefficient (Wildman–Crippen LogP) is 5.09. The molecule has 0 spiro atoms. The van der Waals surface area contributed by atoms with E-state index in [1.54, 1.807) is 37.4 Å². The number of benzene rings is 2. The Hall–Kier alpha value is -3.96. The van der Waals surface area contributed by atoms with E-state index in [2.05, 4.69) is 11.4 Å². The van der Waals surface area contributed by atoms with Crippen LogP contribution < -0.4 is 14.8 Å². The number of carboxylic acid groups (broad SMARTS) is 1. The van der Waals surface area contributed by atoms with E-state index in [-0.39, 0.29) is 29.7 Å². The predicted molar refractivity (Wildman–Crippen MR) is 132 cm³/mol. The third kappa shape index (κ3) is 5.64. The van der Waals surface area contributed by atoms with Crippen molar-refractivity contribution in [3.05, 3.63) is 76.0 Å². The van der Waals surface area contributed by atoms with Crippen LogP contribution in [0.5, 0.6) is 17.2 Å². The summed E-state index contributed by atoms with van der Waals surface area (Å²) in [5.41, 5.74) is 1.14. The fourth-order valence-corrected chi connectivity index (χ4v) is 4.44. The first-order valence-electron chi connectivity index (χ1n) is 11.5. The van der Waals surface area contributed by atoms with Crippen molar-refractivity contribution in [2.75, 3.05) is 20.3 Å². The maximum atomic E-state index is 12.5. The molecule has 2 aliphatic rings. The molecule has 1 amide bonds. The Balaban J connectivity index is 1.36. The largest absolute Gasteiger partial charge is 0.500 e. The van der Waals surface area contributed by atoms with E-state index < -0.39 is 11.9 Å². The lowest BCUT2D eigenvalue weighted by molar-refractivity contribution is -0.139. The van der Waals surface area contributed by atoms with E-state index in [9.17, 15) is 20.0 Å². The van der Waals surface area contributed by atoms with Crippen LogP contribution in [0.3, 0.4) is 0 Å². The van der Waals surface area contributed by atoms with Crippen molar-refractivity contribution in [3.8, 4) is 23.3 Å². The number of nitriles is 1. The second-order valence-corrected chi connectivity index (χ2v) is 8.90. The number of amides is 1. The van der Waals surface area contributed by atoms with E-state index in [0.29, 0.717) is 47.0 Å². The Bertz CT molecular complexity index is 1260. The van der Waals surface area contributed by atoms with Gasteiger partial charge in [-0.2, -0.15) is 5.26 Å². The van der Waals surface area contributed by atoms with Gasteiger partial charge in [-0.1, -0.05) is 17.7 Å². The first-order chi connectivity index (χ1) is 17.4. The third-order valence-electron chi connectivity index (χ3n) is 6.19. The number of ether oxygens (including phenoxy) is 3. The molecule has 9 heteroatoms. The van der Waals surface area contributed by atoms with Crippen LogP contribution in [0.15, 0.2) is 59.3 Å². The number of carboxylic acids is 1. The van der Waals surface area contributed by atoms with Crippen molar-refractivity contribution in [3.63, 3.8) is 0 Å². The van der Waals surface area contributed by atoms with Crippen LogP contribution in [-0.2, 0) is 9.53 Å². The van der Waals surface area contributed by atoms with E-state index in [0.717, 1.165) is 12.2 Å². The number of hydrogen-bond donors (Lipinski definition) is 2. The molecular formula is C27H25ClN2O6. The number of nitrogens with zero attached hydrogens (tertiary/aromatic N) is 1. The molecule has 1 aliphatic carbocycles. The first kappa shape index (κ1) is 25.1. The Morgan fingerprint density at radius 3 is 2.75 bits per heavy atom. The summed E-state index contributed by atoms with van der Waals surface area (Å²) in [6.07, 6.45) is 5.63. The van der Waals surface area contributed by atoms with Gasteiger partial charge in [-0.15, -0.1) is 0 Å². The number of rotatable bonds is 8. The second-order valence-electron chi connectivity index (χ2n) is 8.50. The van der Waals surface area contributed by atoms with Crippen LogP contribution in [0.4, 0.5) is 0 Å². The molecule has 0 fully saturated rings. The molecule has 36 heavy (non-hydrogen) atoms. The summed E-state index contributed by atoms with van der Waals surface area (Å²) in [5, 5.41) is 22.5. The molecule has 2 unspecified atom stereocenters. The summed E-state index contributed by atoms with van der Waals surface area (Å²) in [6, 6.07) is 11.6. The van der Waals surface area contributed by atoms with Gasteiger partial charge < -0.3 is 24.6 Å². The van der Waals surface area contributed by atoms with Gasteiger partial charge in [-0.25, -0.2) is 0 Å². The fraction of sp³-hybridized carbons (Fsp3) is 0.296. The van der Waals surface area contributed by atoms with Gasteiger partial charge in [0.1, 0.15) is 29.1 Å². The van der Waals surface area contributed by atoms with E-state index in [4.69, 9.17) is 25.8 Å². The van der Waals surface area contributed by atoms with Gasteiger partial charge in [0.05, 0.1) is 30.2 Å². The molecule has 0 radical (unpaired) electrons. The number of allylic oxidation sites excluding steroid dienone is 4. The summed E-state index contributed by atoms with van der Waals surface area (Å²) < 4.78 is 16.8. The zero-order valence-corrected chi connectivity index (χ0v) is 20.4. The average Bonchev–Trinajstić information content (AvgIpc) is 2.89. The number of nitrogens with one attached hydrogen (secondary N) is 1. The van der Waals surface area contributed by atoms with Crippen molar-refractivity contribution in [1.29, 1.82) is 5.26 Å². The van der Waals surface area contributed by atoms with Gasteiger partial charge in [0, 0.05) is 30.2 Å². The molecule has 8 nitrogen and oxygen atoms in total. The van der Waals surface area contributed by atoms with E-state index in [1.807, 2.05) is 12.2 Å². The molecule has 2 aromatic rings. The molecule has 0 bridgehead atoms. The second kappa shape index (κ2) is 11.2. The lowest BCUT2D eigenvalue weighted by atomic mass is 9.91. The van der Waals surface area contributed by atoms with Crippen molar-refractivity contribution in [2.24, 2.45) is 5.92 Å². The van der Waals surface area contributed by atoms with Crippen LogP contribution in [0, 0.1) is 17.2 Å². The number of methoxy groups -OCH3 is 1. The Kier molecular flexibility index (Phi) is 7.81. The Morgan fingerprint density at radius 1 is 1.28 bits per heavy atom. The molecule has 2 N–H and O–H groups in total. The minimum absolute atomic E-state index is 0.205. The van der Waals surface area contributed by atoms with Crippen molar-refractivity contribution < 1.29 is 28.9 Å². The minimum Gasteiger partial charge on any atom is -0.500 e. The summed E-state index contributed by atoms with van der Waals surface area (Å²) in [7, 11) is 1.60. The maximum absolute atomic E-state index is 12.5. The van der Waals surface area contributed by atoms with Crippen molar-refractivity contribution >= 4 is 23.5 Å². The van der Waals surface area contributed by atoms with Crippen LogP contribution in [0.2, 0.25) is 0 Å². The molecule has 0 saturated carbocycles. The van der Waals surface area contributed by atoms with Crippen molar-refractivity contribution in [2.45, 2.75) is 25.2 Å². The zero-order chi connectivity index (χ0) is 25.7. The van der Waals surface area contributed by atoms with Gasteiger partial charge in [0.15, 0.2) is 0 Å². The number of halogens is 1. The van der Waals surface area contributed by atoms with Gasteiger partial charge in [-0.3, -0.25) is 9.59 Å². The highest BCUT2D eigenvalue weighted by atomic mass is 35.5. The number of aliphatic carboxylic acids is 1. The molecule has 2 atom stereocenters. The Morgan fingerprint density at radius 2 is 2.06 bits per heavy atom. The SMILES string of the molecule is COC1=C(Cl)C=CC(CCNC(=O)c2ccc(Oc3cc4c(cc3C#N)C(C(=O)O)CCO4)cc2)C1. The molecule has 186 valence electrons. The molecular weight excluding hydrogens is 484 g/mol. The summed E-state index contributed by atoms with van der Waals surface area (Å²) >= 11 is 6.09. The zero-order valence-electron chi connectivity index (χ0n) is 19.6. The number of fused-ring (bicyclic) bond motifs is 1. The molecule has 2 aromatic carbocycles. The van der Waals surface area contributed by atoms with Gasteiger partial charge in [0.25, 0.3) is 5.91 Å². The summed E-state index contributed by atoms with van der Waals surface area (Å²) in [5.74, 6) is 0.168. The highest BCUT2D eigenvalue weighted by Gasteiger charge is 2.29. The normalized spacial score (nSPS) is 18.5. The topological polar surface area (TPSA) is 118 Å². The van der Waals surface area contributed by atoms with Gasteiger partial charge in [0.2, 0.25) is 0 Å². The highest BCUT2D eigenvalue weighted by molar-refractivity contribution is 6.31.